The molecule has 0 aliphatic rings. The third kappa shape index (κ3) is 5.09. The van der Waals surface area contributed by atoms with Gasteiger partial charge in [0.1, 0.15) is 11.6 Å². The van der Waals surface area contributed by atoms with Crippen LogP contribution in [0, 0.1) is 5.82 Å². The van der Waals surface area contributed by atoms with E-state index in [1.807, 2.05) is 0 Å². The van der Waals surface area contributed by atoms with Crippen LogP contribution in [-0.2, 0) is 23.1 Å². The summed E-state index contributed by atoms with van der Waals surface area (Å²) in [6, 6.07) is 9.97. The second-order valence-corrected chi connectivity index (χ2v) is 7.02. The Kier molecular flexibility index (Phi) is 6.64. The first-order chi connectivity index (χ1) is 12.0. The maximum absolute atomic E-state index is 12.8. The average molecular weight is 369 g/mol. The van der Waals surface area contributed by atoms with E-state index >= 15 is 0 Å². The van der Waals surface area contributed by atoms with E-state index < -0.39 is 31.8 Å². The van der Waals surface area contributed by atoms with Crippen molar-refractivity contribution in [2.24, 2.45) is 0 Å². The highest BCUT2D eigenvalue weighted by Gasteiger charge is 2.40. The van der Waals surface area contributed by atoms with Crippen molar-refractivity contribution in [2.45, 2.75) is 5.85 Å². The van der Waals surface area contributed by atoms with Gasteiger partial charge in [-0.15, -0.1) is 0 Å². The van der Waals surface area contributed by atoms with E-state index in [4.69, 9.17) is 18.5 Å². The number of aromatic nitrogens is 1. The van der Waals surface area contributed by atoms with Crippen LogP contribution in [0.2, 0.25) is 0 Å². The molecule has 25 heavy (non-hydrogen) atoms. The lowest BCUT2D eigenvalue weighted by molar-refractivity contribution is -0.149. The van der Waals surface area contributed by atoms with Gasteiger partial charge in [-0.1, -0.05) is 6.07 Å². The Morgan fingerprint density at radius 2 is 1.84 bits per heavy atom. The van der Waals surface area contributed by atoms with Gasteiger partial charge in [-0.25, -0.2) is 9.18 Å². The molecule has 0 aliphatic heterocycles. The molecule has 0 bridgehead atoms. The van der Waals surface area contributed by atoms with Crippen LogP contribution in [0.3, 0.4) is 0 Å². The van der Waals surface area contributed by atoms with Crippen molar-refractivity contribution in [3.05, 3.63) is 60.2 Å². The highest BCUT2D eigenvalue weighted by molar-refractivity contribution is 7.54. The van der Waals surface area contributed by atoms with Gasteiger partial charge in [-0.2, -0.15) is 0 Å². The summed E-state index contributed by atoms with van der Waals surface area (Å²) >= 11 is 0. The molecule has 1 heterocycles. The average Bonchev–Trinajstić information content (AvgIpc) is 2.65. The molecule has 0 amide bonds. The van der Waals surface area contributed by atoms with Crippen molar-refractivity contribution in [1.82, 2.24) is 4.98 Å². The maximum atomic E-state index is 12.8. The van der Waals surface area contributed by atoms with E-state index in [0.717, 1.165) is 0 Å². The first kappa shape index (κ1) is 19.1. The Labute approximate surface area is 144 Å². The molecule has 0 fully saturated rings. The summed E-state index contributed by atoms with van der Waals surface area (Å²) in [7, 11) is -1.41. The number of pyridine rings is 1. The lowest BCUT2D eigenvalue weighted by atomic mass is 10.3. The number of hydrogen-bond acceptors (Lipinski definition) is 7. The Bertz CT molecular complexity index is 732. The number of hydrogen-bond donors (Lipinski definition) is 0. The van der Waals surface area contributed by atoms with E-state index in [-0.39, 0.29) is 11.4 Å². The third-order valence-corrected chi connectivity index (χ3v) is 5.11. The van der Waals surface area contributed by atoms with Crippen LogP contribution >= 0.6 is 7.60 Å². The monoisotopic (exact) mass is 369 g/mol. The molecule has 0 saturated carbocycles. The quantitative estimate of drug-likeness (QED) is 0.521. The van der Waals surface area contributed by atoms with E-state index in [1.165, 1.54) is 50.7 Å². The SMILES string of the molecule is COP(=O)(OC)C(OC(=O)COc1ccc(F)cc1)c1ccccn1. The van der Waals surface area contributed by atoms with Crippen LogP contribution in [0.25, 0.3) is 0 Å². The predicted octanol–water partition coefficient (Wildman–Crippen LogP) is 3.33. The summed E-state index contributed by atoms with van der Waals surface area (Å²) in [5.74, 6) is -2.29. The van der Waals surface area contributed by atoms with Crippen molar-refractivity contribution >= 4 is 13.6 Å². The van der Waals surface area contributed by atoms with Gasteiger partial charge in [0.05, 0.1) is 5.69 Å². The summed E-state index contributed by atoms with van der Waals surface area (Å²) in [4.78, 5) is 16.1. The molecule has 1 unspecified atom stereocenters. The Balaban J connectivity index is 2.09. The van der Waals surface area contributed by atoms with Gasteiger partial charge in [0.25, 0.3) is 0 Å². The molecule has 0 aliphatic carbocycles. The zero-order valence-corrected chi connectivity index (χ0v) is 14.5. The minimum atomic E-state index is -3.78. The second kappa shape index (κ2) is 8.71. The summed E-state index contributed by atoms with van der Waals surface area (Å²) in [5.41, 5.74) is 0.213. The maximum Gasteiger partial charge on any atom is 0.376 e. The van der Waals surface area contributed by atoms with Crippen molar-refractivity contribution in [2.75, 3.05) is 20.8 Å². The zero-order valence-electron chi connectivity index (χ0n) is 13.6. The fourth-order valence-electron chi connectivity index (χ4n) is 1.91. The van der Waals surface area contributed by atoms with E-state index in [0.29, 0.717) is 0 Å². The molecular formula is C16H17FNO6P. The van der Waals surface area contributed by atoms with Crippen LogP contribution in [0.1, 0.15) is 11.5 Å². The Morgan fingerprint density at radius 1 is 1.16 bits per heavy atom. The molecule has 0 spiro atoms. The molecule has 1 aromatic carbocycles. The third-order valence-electron chi connectivity index (χ3n) is 3.15. The minimum absolute atomic E-state index is 0.213. The number of halogens is 1. The summed E-state index contributed by atoms with van der Waals surface area (Å²) < 4.78 is 45.7. The molecule has 134 valence electrons. The fourth-order valence-corrected chi connectivity index (χ4v) is 3.16. The summed E-state index contributed by atoms with van der Waals surface area (Å²) in [5, 5.41) is 0. The van der Waals surface area contributed by atoms with Gasteiger partial charge in [0.2, 0.25) is 5.85 Å². The van der Waals surface area contributed by atoms with Crippen LogP contribution < -0.4 is 4.74 Å². The second-order valence-electron chi connectivity index (χ2n) is 4.74. The van der Waals surface area contributed by atoms with Crippen LogP contribution in [0.4, 0.5) is 4.39 Å². The number of rotatable bonds is 8. The van der Waals surface area contributed by atoms with Crippen LogP contribution in [0.15, 0.2) is 48.7 Å². The molecule has 0 radical (unpaired) electrons. The van der Waals surface area contributed by atoms with Gasteiger partial charge in [-0.3, -0.25) is 9.55 Å². The summed E-state index contributed by atoms with van der Waals surface area (Å²) in [6.07, 6.45) is 1.46. The molecule has 7 nitrogen and oxygen atoms in total. The molecule has 9 heteroatoms. The van der Waals surface area contributed by atoms with Crippen molar-refractivity contribution in [3.63, 3.8) is 0 Å². The largest absolute Gasteiger partial charge is 0.482 e. The molecule has 1 atom stereocenters. The number of nitrogens with zero attached hydrogens (tertiary/aromatic N) is 1. The van der Waals surface area contributed by atoms with Gasteiger partial charge < -0.3 is 18.5 Å². The molecule has 0 N–H and O–H groups in total. The highest BCUT2D eigenvalue weighted by Crippen LogP contribution is 2.60. The van der Waals surface area contributed by atoms with E-state index in [1.54, 1.807) is 12.1 Å². The predicted molar refractivity (Wildman–Crippen MR) is 86.6 cm³/mol. The van der Waals surface area contributed by atoms with Gasteiger partial charge >= 0.3 is 13.6 Å². The van der Waals surface area contributed by atoms with Crippen molar-refractivity contribution in [1.29, 1.82) is 0 Å². The molecular weight excluding hydrogens is 352 g/mol. The normalized spacial score (nSPS) is 12.4. The first-order valence-electron chi connectivity index (χ1n) is 7.18. The topological polar surface area (TPSA) is 84.0 Å². The van der Waals surface area contributed by atoms with Gasteiger partial charge in [0, 0.05) is 20.4 Å². The van der Waals surface area contributed by atoms with Crippen LogP contribution in [0.5, 0.6) is 5.75 Å². The smallest absolute Gasteiger partial charge is 0.376 e. The summed E-state index contributed by atoms with van der Waals surface area (Å²) in [6.45, 7) is -0.470. The van der Waals surface area contributed by atoms with Crippen molar-refractivity contribution in [3.8, 4) is 5.75 Å². The minimum Gasteiger partial charge on any atom is -0.482 e. The van der Waals surface area contributed by atoms with Gasteiger partial charge in [-0.05, 0) is 36.4 Å². The lowest BCUT2D eigenvalue weighted by Crippen LogP contribution is -2.20. The van der Waals surface area contributed by atoms with Gasteiger partial charge in [0.15, 0.2) is 6.61 Å². The zero-order chi connectivity index (χ0) is 18.3. The lowest BCUT2D eigenvalue weighted by Gasteiger charge is -2.23. The fraction of sp³-hybridized carbons (Fsp3) is 0.250. The molecule has 1 aromatic heterocycles. The Hall–Kier alpha value is -2.28. The number of benzene rings is 1. The molecule has 0 saturated heterocycles. The van der Waals surface area contributed by atoms with Crippen LogP contribution in [-0.4, -0.2) is 31.8 Å². The van der Waals surface area contributed by atoms with E-state index in [9.17, 15) is 13.8 Å². The van der Waals surface area contributed by atoms with E-state index in [2.05, 4.69) is 4.98 Å². The number of carbonyl (C=O) groups excluding carboxylic acids is 1. The highest BCUT2D eigenvalue weighted by atomic mass is 31.2. The number of ether oxygens (including phenoxy) is 2. The Morgan fingerprint density at radius 3 is 2.40 bits per heavy atom. The standard InChI is InChI=1S/C16H17FNO6P/c1-21-25(20,22-2)16(14-5-3-4-10-18-14)24-15(19)11-23-13-8-6-12(17)7-9-13/h3-10,16H,11H2,1-2H3. The molecule has 2 rings (SSSR count). The first-order valence-corrected chi connectivity index (χ1v) is 8.79. The van der Waals surface area contributed by atoms with Crippen molar-refractivity contribution < 1.29 is 32.3 Å². The number of carbonyl (C=O) groups is 1. The number of esters is 1. The molecule has 2 aromatic rings.